The van der Waals surface area contributed by atoms with Crippen LogP contribution in [0.2, 0.25) is 0 Å². The smallest absolute Gasteiger partial charge is 0.416 e. The molecule has 1 aliphatic carbocycles. The lowest BCUT2D eigenvalue weighted by Gasteiger charge is -2.19. The number of carbonyl (C=O) groups excluding carboxylic acids is 2. The lowest BCUT2D eigenvalue weighted by molar-refractivity contribution is -0.137. The van der Waals surface area contributed by atoms with Gasteiger partial charge in [0.1, 0.15) is 40.8 Å². The molecule has 2 aliphatic heterocycles. The molecule has 3 heterocycles. The summed E-state index contributed by atoms with van der Waals surface area (Å²) in [5, 5.41) is 2.74. The lowest BCUT2D eigenvalue weighted by Crippen LogP contribution is -2.20. The summed E-state index contributed by atoms with van der Waals surface area (Å²) in [5.74, 6) is 0.882. The lowest BCUT2D eigenvalue weighted by atomic mass is 10.00. The molecule has 1 aromatic heterocycles. The van der Waals surface area contributed by atoms with Gasteiger partial charge in [-0.15, -0.1) is 0 Å². The second-order valence-corrected chi connectivity index (χ2v) is 9.48. The summed E-state index contributed by atoms with van der Waals surface area (Å²) < 4.78 is 65.0. The van der Waals surface area contributed by atoms with Crippen molar-refractivity contribution in [2.45, 2.75) is 43.9 Å². The number of pyridine rings is 1. The Balaban J connectivity index is 1.14. The predicted molar refractivity (Wildman–Crippen MR) is 123 cm³/mol. The molecule has 3 aliphatic rings. The number of hydrogen-bond donors (Lipinski definition) is 1. The quantitative estimate of drug-likeness (QED) is 0.436. The number of aromatic nitrogens is 1. The number of halogens is 4. The van der Waals surface area contributed by atoms with E-state index < -0.39 is 24.0 Å². The van der Waals surface area contributed by atoms with E-state index in [1.54, 1.807) is 24.4 Å². The molecule has 0 saturated heterocycles. The molecular weight excluding hydrogens is 492 g/mol. The van der Waals surface area contributed by atoms with Gasteiger partial charge >= 0.3 is 6.18 Å². The normalized spacial score (nSPS) is 21.3. The molecule has 0 spiro atoms. The van der Waals surface area contributed by atoms with Gasteiger partial charge in [-0.3, -0.25) is 9.59 Å². The van der Waals surface area contributed by atoms with Gasteiger partial charge in [0.25, 0.3) is 0 Å². The minimum Gasteiger partial charge on any atom is -0.489 e. The Labute approximate surface area is 208 Å². The van der Waals surface area contributed by atoms with Crippen LogP contribution >= 0.6 is 0 Å². The van der Waals surface area contributed by atoms with Crippen molar-refractivity contribution in [3.63, 3.8) is 0 Å². The van der Waals surface area contributed by atoms with Crippen LogP contribution in [0.1, 0.15) is 41.0 Å². The number of amides is 1. The zero-order chi connectivity index (χ0) is 25.9. The van der Waals surface area contributed by atoms with E-state index in [-0.39, 0.29) is 41.6 Å². The second kappa shape index (κ2) is 8.57. The first kappa shape index (κ1) is 23.4. The second-order valence-electron chi connectivity index (χ2n) is 9.48. The van der Waals surface area contributed by atoms with Gasteiger partial charge in [0.15, 0.2) is 0 Å². The first-order chi connectivity index (χ1) is 17.7. The Morgan fingerprint density at radius 2 is 1.97 bits per heavy atom. The molecule has 3 aromatic rings. The maximum Gasteiger partial charge on any atom is 0.416 e. The molecule has 190 valence electrons. The van der Waals surface area contributed by atoms with Gasteiger partial charge in [-0.25, -0.2) is 9.37 Å². The van der Waals surface area contributed by atoms with Crippen LogP contribution in [-0.2, 0) is 28.6 Å². The average Bonchev–Trinajstić information content (AvgIpc) is 3.35. The third-order valence-electron chi connectivity index (χ3n) is 7.02. The van der Waals surface area contributed by atoms with Crippen molar-refractivity contribution in [2.24, 2.45) is 5.92 Å². The Morgan fingerprint density at radius 3 is 2.78 bits per heavy atom. The van der Waals surface area contributed by atoms with Gasteiger partial charge in [-0.1, -0.05) is 0 Å². The van der Waals surface area contributed by atoms with Crippen molar-refractivity contribution in [1.82, 2.24) is 4.98 Å². The number of rotatable bonds is 6. The maximum absolute atomic E-state index is 14.1. The highest BCUT2D eigenvalue weighted by Crippen LogP contribution is 2.60. The number of nitrogens with one attached hydrogen (secondary N) is 1. The molecule has 10 heteroatoms. The standard InChI is InChI=1S/C27H20F4N2O4/c28-20-4-1-14(27(29,30)31)9-13(20)10-15(34)11-19-24-18-12-16(2-5-21(18)37-25(19)24)36-22-7-8-32-26-17(22)3-6-23(35)33-26/h1-2,4-5,7-9,12,19,24-25H,3,6,10-11H2,(H,32,33,35)/t19-,24-,25+/m0/s1. The monoisotopic (exact) mass is 512 g/mol. The van der Waals surface area contributed by atoms with Crippen LogP contribution in [0.3, 0.4) is 0 Å². The molecule has 0 unspecified atom stereocenters. The number of anilines is 1. The highest BCUT2D eigenvalue weighted by atomic mass is 19.4. The Morgan fingerprint density at radius 1 is 1.14 bits per heavy atom. The van der Waals surface area contributed by atoms with E-state index in [1.165, 1.54) is 0 Å². The van der Waals surface area contributed by atoms with E-state index in [4.69, 9.17) is 9.47 Å². The topological polar surface area (TPSA) is 77.5 Å². The van der Waals surface area contributed by atoms with Crippen LogP contribution in [0, 0.1) is 11.7 Å². The van der Waals surface area contributed by atoms with Crippen LogP contribution < -0.4 is 14.8 Å². The molecule has 1 saturated carbocycles. The van der Waals surface area contributed by atoms with Gasteiger partial charge in [0.05, 0.1) is 5.56 Å². The molecule has 1 N–H and O–H groups in total. The van der Waals surface area contributed by atoms with Crippen LogP contribution in [0.5, 0.6) is 17.2 Å². The highest BCUT2D eigenvalue weighted by Gasteiger charge is 2.59. The summed E-state index contributed by atoms with van der Waals surface area (Å²) in [5.41, 5.74) is 0.456. The van der Waals surface area contributed by atoms with E-state index in [9.17, 15) is 27.2 Å². The van der Waals surface area contributed by atoms with Crippen LogP contribution in [0.15, 0.2) is 48.7 Å². The first-order valence-electron chi connectivity index (χ1n) is 11.8. The predicted octanol–water partition coefficient (Wildman–Crippen LogP) is 5.59. The minimum atomic E-state index is -4.61. The fourth-order valence-electron chi connectivity index (χ4n) is 5.17. The van der Waals surface area contributed by atoms with Crippen molar-refractivity contribution < 1.29 is 36.6 Å². The maximum atomic E-state index is 14.1. The fourth-order valence-corrected chi connectivity index (χ4v) is 5.17. The third kappa shape index (κ3) is 4.41. The number of fused-ring (bicyclic) bond motifs is 4. The molecule has 2 aromatic carbocycles. The van der Waals surface area contributed by atoms with E-state index in [2.05, 4.69) is 10.3 Å². The van der Waals surface area contributed by atoms with E-state index in [1.807, 2.05) is 6.07 Å². The summed E-state index contributed by atoms with van der Waals surface area (Å²) in [6, 6.07) is 9.25. The molecule has 37 heavy (non-hydrogen) atoms. The average molecular weight is 512 g/mol. The molecule has 3 atom stereocenters. The van der Waals surface area contributed by atoms with Gasteiger partial charge in [0, 0.05) is 48.4 Å². The minimum absolute atomic E-state index is 0.0421. The number of carbonyl (C=O) groups is 2. The summed E-state index contributed by atoms with van der Waals surface area (Å²) >= 11 is 0. The molecule has 0 bridgehead atoms. The van der Waals surface area contributed by atoms with E-state index >= 15 is 0 Å². The molecule has 1 fully saturated rings. The van der Waals surface area contributed by atoms with Crippen molar-refractivity contribution >= 4 is 17.5 Å². The summed E-state index contributed by atoms with van der Waals surface area (Å²) in [6.07, 6.45) is -2.73. The van der Waals surface area contributed by atoms with Crippen LogP contribution in [0.25, 0.3) is 0 Å². The zero-order valence-corrected chi connectivity index (χ0v) is 19.3. The Bertz CT molecular complexity index is 1440. The number of benzene rings is 2. The van der Waals surface area contributed by atoms with Crippen molar-refractivity contribution in [2.75, 3.05) is 5.32 Å². The molecule has 0 radical (unpaired) electrons. The molecular formula is C27H20F4N2O4. The number of nitrogens with zero attached hydrogens (tertiary/aromatic N) is 1. The SMILES string of the molecule is O=C(Cc1cc(C(F)(F)F)ccc1F)C[C@@H]1[C@H]2Oc3ccc(Oc4ccnc5c4CCC(=O)N5)cc3[C@@H]12. The number of Topliss-reactive ketones (excluding diaryl/α,β-unsaturated/α-hetero) is 1. The Hall–Kier alpha value is -3.95. The zero-order valence-electron chi connectivity index (χ0n) is 19.3. The first-order valence-corrected chi connectivity index (χ1v) is 11.8. The molecule has 6 rings (SSSR count). The van der Waals surface area contributed by atoms with E-state index in [0.29, 0.717) is 48.0 Å². The van der Waals surface area contributed by atoms with Gasteiger partial charge in [-0.2, -0.15) is 13.2 Å². The number of ketones is 1. The van der Waals surface area contributed by atoms with Gasteiger partial charge < -0.3 is 14.8 Å². The summed E-state index contributed by atoms with van der Waals surface area (Å²) in [4.78, 5) is 28.5. The highest BCUT2D eigenvalue weighted by molar-refractivity contribution is 5.93. The number of alkyl halides is 3. The fraction of sp³-hybridized carbons (Fsp3) is 0.296. The summed E-state index contributed by atoms with van der Waals surface area (Å²) in [6.45, 7) is 0. The summed E-state index contributed by atoms with van der Waals surface area (Å²) in [7, 11) is 0. The van der Waals surface area contributed by atoms with Crippen molar-refractivity contribution in [1.29, 1.82) is 0 Å². The van der Waals surface area contributed by atoms with Crippen molar-refractivity contribution in [3.05, 3.63) is 76.7 Å². The van der Waals surface area contributed by atoms with Crippen LogP contribution in [0.4, 0.5) is 23.4 Å². The largest absolute Gasteiger partial charge is 0.489 e. The number of ether oxygens (including phenoxy) is 2. The van der Waals surface area contributed by atoms with E-state index in [0.717, 1.165) is 17.2 Å². The van der Waals surface area contributed by atoms with Gasteiger partial charge in [0.2, 0.25) is 5.91 Å². The van der Waals surface area contributed by atoms with Gasteiger partial charge in [-0.05, 0) is 54.4 Å². The molecule has 1 amide bonds. The molecule has 6 nitrogen and oxygen atoms in total. The van der Waals surface area contributed by atoms with Crippen LogP contribution in [-0.4, -0.2) is 22.8 Å². The third-order valence-corrected chi connectivity index (χ3v) is 7.02. The number of hydrogen-bond acceptors (Lipinski definition) is 5. The Kier molecular flexibility index (Phi) is 5.43. The van der Waals surface area contributed by atoms with Crippen molar-refractivity contribution in [3.8, 4) is 17.2 Å².